The highest BCUT2D eigenvalue weighted by atomic mass is 32.1. The third-order valence-corrected chi connectivity index (χ3v) is 4.68. The van der Waals surface area contributed by atoms with Crippen LogP contribution in [0.15, 0.2) is 60.0 Å². The molecule has 1 N–H and O–H groups in total. The van der Waals surface area contributed by atoms with Crippen LogP contribution < -0.4 is 5.32 Å². The number of benzene rings is 2. The van der Waals surface area contributed by atoms with Crippen LogP contribution in [0.2, 0.25) is 0 Å². The lowest BCUT2D eigenvalue weighted by molar-refractivity contribution is -0.147. The first-order valence-electron chi connectivity index (χ1n) is 8.62. The average molecular weight is 380 g/mol. The van der Waals surface area contributed by atoms with Crippen molar-refractivity contribution in [3.63, 3.8) is 0 Å². The van der Waals surface area contributed by atoms with E-state index in [2.05, 4.69) is 10.3 Å². The Bertz CT molecular complexity index is 905. The number of nitrogens with one attached hydrogen (secondary N) is 1. The molecule has 0 fully saturated rings. The summed E-state index contributed by atoms with van der Waals surface area (Å²) in [6.07, 6.45) is 0.833. The molecule has 0 saturated carbocycles. The monoisotopic (exact) mass is 380 g/mol. The molecular formula is C21H20N2O3S. The molecule has 0 radical (unpaired) electrons. The minimum Gasteiger partial charge on any atom is -0.456 e. The molecule has 0 aliphatic heterocycles. The van der Waals surface area contributed by atoms with E-state index in [-0.39, 0.29) is 13.0 Å². The number of esters is 1. The zero-order chi connectivity index (χ0) is 19.1. The Morgan fingerprint density at radius 1 is 1.07 bits per heavy atom. The highest BCUT2D eigenvalue weighted by Crippen LogP contribution is 2.25. The van der Waals surface area contributed by atoms with Crippen LogP contribution in [0.4, 0.5) is 5.13 Å². The number of hydrogen-bond acceptors (Lipinski definition) is 5. The number of hydrogen-bond donors (Lipinski definition) is 1. The Hall–Kier alpha value is -2.99. The van der Waals surface area contributed by atoms with Crippen LogP contribution in [0.1, 0.15) is 17.5 Å². The van der Waals surface area contributed by atoms with Crippen molar-refractivity contribution in [1.29, 1.82) is 0 Å². The van der Waals surface area contributed by atoms with Gasteiger partial charge in [-0.2, -0.15) is 0 Å². The lowest BCUT2D eigenvalue weighted by Gasteiger charge is -2.05. The normalized spacial score (nSPS) is 10.4. The van der Waals surface area contributed by atoms with Gasteiger partial charge in [0.2, 0.25) is 0 Å². The lowest BCUT2D eigenvalue weighted by Crippen LogP contribution is -2.21. The summed E-state index contributed by atoms with van der Waals surface area (Å²) in [5, 5.41) is 5.03. The Morgan fingerprint density at radius 3 is 2.56 bits per heavy atom. The number of amides is 1. The van der Waals surface area contributed by atoms with Crippen LogP contribution in [0.5, 0.6) is 0 Å². The summed E-state index contributed by atoms with van der Waals surface area (Å²) in [4.78, 5) is 28.1. The molecule has 138 valence electrons. The molecule has 0 atom stereocenters. The summed E-state index contributed by atoms with van der Waals surface area (Å²) < 4.78 is 5.03. The number of carbonyl (C=O) groups excluding carboxylic acids is 2. The number of carbonyl (C=O) groups is 2. The molecule has 6 heteroatoms. The summed E-state index contributed by atoms with van der Waals surface area (Å²) in [5.74, 6) is -0.790. The second-order valence-electron chi connectivity index (χ2n) is 6.10. The molecular weight excluding hydrogens is 360 g/mol. The van der Waals surface area contributed by atoms with Gasteiger partial charge in [0.05, 0.1) is 5.69 Å². The minimum absolute atomic E-state index is 0.242. The van der Waals surface area contributed by atoms with Gasteiger partial charge in [0.15, 0.2) is 11.7 Å². The quantitative estimate of drug-likeness (QED) is 0.623. The van der Waals surface area contributed by atoms with E-state index in [1.54, 1.807) is 0 Å². The highest BCUT2D eigenvalue weighted by Gasteiger charge is 2.11. The molecule has 5 nitrogen and oxygen atoms in total. The third kappa shape index (κ3) is 5.76. The SMILES string of the molecule is Cc1ccc(-c2csc(NC(=O)COC(=O)CCc3ccccc3)n2)cc1. The van der Waals surface area contributed by atoms with Crippen molar-refractivity contribution in [2.45, 2.75) is 19.8 Å². The summed E-state index contributed by atoms with van der Waals surface area (Å²) in [5.41, 5.74) is 4.03. The van der Waals surface area contributed by atoms with E-state index in [0.717, 1.165) is 16.8 Å². The standard InChI is InChI=1S/C21H20N2O3S/c1-15-7-10-17(11-8-15)18-14-27-21(22-18)23-19(24)13-26-20(25)12-9-16-5-3-2-4-6-16/h2-8,10-11,14H,9,12-13H2,1H3,(H,22,23,24). The van der Waals surface area contributed by atoms with Gasteiger partial charge in [-0.1, -0.05) is 60.2 Å². The number of anilines is 1. The lowest BCUT2D eigenvalue weighted by atomic mass is 10.1. The number of ether oxygens (including phenoxy) is 1. The smallest absolute Gasteiger partial charge is 0.306 e. The third-order valence-electron chi connectivity index (χ3n) is 3.92. The van der Waals surface area contributed by atoms with E-state index in [4.69, 9.17) is 4.74 Å². The molecule has 27 heavy (non-hydrogen) atoms. The molecule has 1 aromatic heterocycles. The number of aromatic nitrogens is 1. The Morgan fingerprint density at radius 2 is 1.81 bits per heavy atom. The summed E-state index contributed by atoms with van der Waals surface area (Å²) in [7, 11) is 0. The first-order valence-corrected chi connectivity index (χ1v) is 9.50. The molecule has 3 rings (SSSR count). The van der Waals surface area contributed by atoms with Crippen LogP contribution in [0, 0.1) is 6.92 Å². The van der Waals surface area contributed by atoms with E-state index in [1.807, 2.05) is 66.9 Å². The summed E-state index contributed by atoms with van der Waals surface area (Å²) >= 11 is 1.34. The number of thiazole rings is 1. The second-order valence-corrected chi connectivity index (χ2v) is 6.96. The zero-order valence-corrected chi connectivity index (χ0v) is 15.8. The fraction of sp³-hybridized carbons (Fsp3) is 0.190. The maximum atomic E-state index is 12.0. The van der Waals surface area contributed by atoms with Gasteiger partial charge in [0, 0.05) is 17.4 Å². The fourth-order valence-corrected chi connectivity index (χ4v) is 3.19. The number of nitrogens with zero attached hydrogens (tertiary/aromatic N) is 1. The molecule has 1 amide bonds. The summed E-state index contributed by atoms with van der Waals surface area (Å²) in [6.45, 7) is 1.71. The predicted molar refractivity (Wildman–Crippen MR) is 107 cm³/mol. The van der Waals surface area contributed by atoms with Crippen LogP contribution >= 0.6 is 11.3 Å². The van der Waals surface area contributed by atoms with Crippen LogP contribution in [-0.2, 0) is 20.7 Å². The molecule has 0 aliphatic carbocycles. The Labute approximate surface area is 162 Å². The molecule has 0 aliphatic rings. The van der Waals surface area contributed by atoms with Crippen LogP contribution in [-0.4, -0.2) is 23.5 Å². The number of rotatable bonds is 7. The van der Waals surface area contributed by atoms with Crippen molar-refractivity contribution < 1.29 is 14.3 Å². The van der Waals surface area contributed by atoms with E-state index in [9.17, 15) is 9.59 Å². The summed E-state index contributed by atoms with van der Waals surface area (Å²) in [6, 6.07) is 17.7. The first kappa shape index (κ1) is 18.8. The fourth-order valence-electron chi connectivity index (χ4n) is 2.45. The van der Waals surface area contributed by atoms with Gasteiger partial charge in [-0.15, -0.1) is 11.3 Å². The average Bonchev–Trinajstić information content (AvgIpc) is 3.14. The van der Waals surface area contributed by atoms with E-state index in [1.165, 1.54) is 16.9 Å². The van der Waals surface area contributed by atoms with E-state index < -0.39 is 11.9 Å². The van der Waals surface area contributed by atoms with Crippen molar-refractivity contribution in [1.82, 2.24) is 4.98 Å². The molecule has 0 spiro atoms. The van der Waals surface area contributed by atoms with Crippen molar-refractivity contribution in [2.75, 3.05) is 11.9 Å². The van der Waals surface area contributed by atoms with Crippen LogP contribution in [0.3, 0.4) is 0 Å². The molecule has 0 unspecified atom stereocenters. The van der Waals surface area contributed by atoms with E-state index in [0.29, 0.717) is 11.6 Å². The van der Waals surface area contributed by atoms with Gasteiger partial charge in [-0.3, -0.25) is 14.9 Å². The maximum Gasteiger partial charge on any atom is 0.306 e. The number of aryl methyl sites for hydroxylation is 2. The molecule has 1 heterocycles. The molecule has 0 saturated heterocycles. The van der Waals surface area contributed by atoms with Gasteiger partial charge in [0.1, 0.15) is 0 Å². The van der Waals surface area contributed by atoms with Gasteiger partial charge in [-0.25, -0.2) is 4.98 Å². The van der Waals surface area contributed by atoms with Gasteiger partial charge in [-0.05, 0) is 18.9 Å². The van der Waals surface area contributed by atoms with Gasteiger partial charge < -0.3 is 4.74 Å². The van der Waals surface area contributed by atoms with Crippen molar-refractivity contribution in [2.24, 2.45) is 0 Å². The second kappa shape index (κ2) is 9.09. The zero-order valence-electron chi connectivity index (χ0n) is 15.0. The topological polar surface area (TPSA) is 68.3 Å². The van der Waals surface area contributed by atoms with Crippen molar-refractivity contribution in [3.05, 3.63) is 71.1 Å². The largest absolute Gasteiger partial charge is 0.456 e. The molecule has 2 aromatic carbocycles. The van der Waals surface area contributed by atoms with Crippen LogP contribution in [0.25, 0.3) is 11.3 Å². The van der Waals surface area contributed by atoms with E-state index >= 15 is 0 Å². The Kier molecular flexibility index (Phi) is 6.33. The highest BCUT2D eigenvalue weighted by molar-refractivity contribution is 7.14. The van der Waals surface area contributed by atoms with Gasteiger partial charge in [0.25, 0.3) is 5.91 Å². The minimum atomic E-state index is -0.395. The van der Waals surface area contributed by atoms with Gasteiger partial charge >= 0.3 is 5.97 Å². The van der Waals surface area contributed by atoms with Crippen molar-refractivity contribution >= 4 is 28.3 Å². The maximum absolute atomic E-state index is 12.0. The van der Waals surface area contributed by atoms with Crippen molar-refractivity contribution in [3.8, 4) is 11.3 Å². The Balaban J connectivity index is 1.44. The first-order chi connectivity index (χ1) is 13.1. The predicted octanol–water partition coefficient (Wildman–Crippen LogP) is 4.23. The molecule has 3 aromatic rings. The molecule has 0 bridgehead atoms.